The third kappa shape index (κ3) is 4.85. The Balaban J connectivity index is 2.91. The van der Waals surface area contributed by atoms with Crippen LogP contribution in [-0.2, 0) is 10.0 Å². The van der Waals surface area contributed by atoms with Crippen LogP contribution in [-0.4, -0.2) is 26.4 Å². The van der Waals surface area contributed by atoms with Crippen molar-refractivity contribution < 1.29 is 17.9 Å². The molecule has 1 rings (SSSR count). The first-order chi connectivity index (χ1) is 7.92. The minimum Gasteiger partial charge on any atom is -0.395 e. The Morgan fingerprint density at radius 3 is 2.71 bits per heavy atom. The third-order valence-corrected chi connectivity index (χ3v) is 2.34. The summed E-state index contributed by atoms with van der Waals surface area (Å²) in [6, 6.07) is 3.87. The maximum Gasteiger partial charge on any atom is 0.229 e. The summed E-state index contributed by atoms with van der Waals surface area (Å²) in [5.74, 6) is 4.52. The highest BCUT2D eigenvalue weighted by atomic mass is 32.2. The van der Waals surface area contributed by atoms with E-state index in [0.29, 0.717) is 0 Å². The number of sulfonamides is 1. The molecule has 0 radical (unpaired) electrons. The van der Waals surface area contributed by atoms with Crippen LogP contribution in [0.1, 0.15) is 12.0 Å². The number of halogens is 1. The number of aliphatic hydroxyl groups excluding tert-OH is 1. The zero-order valence-electron chi connectivity index (χ0n) is 9.20. The maximum absolute atomic E-state index is 13.5. The number of hydrogen-bond acceptors (Lipinski definition) is 3. The third-order valence-electron chi connectivity index (χ3n) is 1.73. The predicted molar refractivity (Wildman–Crippen MR) is 63.4 cm³/mol. The van der Waals surface area contributed by atoms with Crippen molar-refractivity contribution in [2.24, 2.45) is 0 Å². The van der Waals surface area contributed by atoms with Gasteiger partial charge in [0.15, 0.2) is 0 Å². The van der Waals surface area contributed by atoms with E-state index in [1.54, 1.807) is 0 Å². The first kappa shape index (κ1) is 13.5. The molecule has 1 aromatic carbocycles. The van der Waals surface area contributed by atoms with Crippen molar-refractivity contribution in [2.75, 3.05) is 17.6 Å². The summed E-state index contributed by atoms with van der Waals surface area (Å²) < 4.78 is 37.5. The second-order valence-corrected chi connectivity index (χ2v) is 5.09. The lowest BCUT2D eigenvalue weighted by atomic mass is 10.2. The molecule has 0 spiro atoms. The van der Waals surface area contributed by atoms with Crippen molar-refractivity contribution >= 4 is 15.7 Å². The summed E-state index contributed by atoms with van der Waals surface area (Å²) in [6.07, 6.45) is 1.25. The SMILES string of the molecule is CS(=O)(=O)Nc1ccc(C#CCCO)c(F)c1. The average Bonchev–Trinajstić information content (AvgIpc) is 2.19. The Labute approximate surface area is 99.5 Å². The van der Waals surface area contributed by atoms with Crippen LogP contribution >= 0.6 is 0 Å². The fraction of sp³-hybridized carbons (Fsp3) is 0.273. The van der Waals surface area contributed by atoms with Gasteiger partial charge in [0.1, 0.15) is 5.82 Å². The summed E-state index contributed by atoms with van der Waals surface area (Å²) in [5, 5.41) is 8.51. The van der Waals surface area contributed by atoms with E-state index in [1.165, 1.54) is 12.1 Å². The van der Waals surface area contributed by atoms with Crippen LogP contribution in [0.5, 0.6) is 0 Å². The van der Waals surface area contributed by atoms with Gasteiger partial charge in [0, 0.05) is 6.42 Å². The molecule has 0 bridgehead atoms. The van der Waals surface area contributed by atoms with E-state index >= 15 is 0 Å². The zero-order chi connectivity index (χ0) is 12.9. The van der Waals surface area contributed by atoms with Crippen molar-refractivity contribution in [2.45, 2.75) is 6.42 Å². The Bertz CT molecular complexity index is 558. The number of aliphatic hydroxyl groups is 1. The Kier molecular flexibility index (Phi) is 4.49. The largest absolute Gasteiger partial charge is 0.395 e. The van der Waals surface area contributed by atoms with Gasteiger partial charge < -0.3 is 5.11 Å². The Hall–Kier alpha value is -1.58. The highest BCUT2D eigenvalue weighted by Gasteiger charge is 2.05. The van der Waals surface area contributed by atoms with Gasteiger partial charge in [0.05, 0.1) is 24.1 Å². The molecule has 0 saturated carbocycles. The standard InChI is InChI=1S/C11H12FNO3S/c1-17(15,16)13-10-6-5-9(11(12)8-10)4-2-3-7-14/h5-6,8,13-14H,3,7H2,1H3. The quantitative estimate of drug-likeness (QED) is 0.792. The molecule has 0 fully saturated rings. The maximum atomic E-state index is 13.5. The van der Waals surface area contributed by atoms with Gasteiger partial charge in [-0.1, -0.05) is 11.8 Å². The zero-order valence-corrected chi connectivity index (χ0v) is 10.0. The van der Waals surface area contributed by atoms with Gasteiger partial charge >= 0.3 is 0 Å². The molecular formula is C11H12FNO3S. The number of anilines is 1. The van der Waals surface area contributed by atoms with Crippen molar-refractivity contribution in [3.05, 3.63) is 29.6 Å². The van der Waals surface area contributed by atoms with E-state index in [2.05, 4.69) is 16.6 Å². The Morgan fingerprint density at radius 2 is 2.18 bits per heavy atom. The van der Waals surface area contributed by atoms with Crippen LogP contribution in [0, 0.1) is 17.7 Å². The predicted octanol–water partition coefficient (Wildman–Crippen LogP) is 0.931. The molecule has 0 unspecified atom stereocenters. The second-order valence-electron chi connectivity index (χ2n) is 3.34. The summed E-state index contributed by atoms with van der Waals surface area (Å²) >= 11 is 0. The molecule has 2 N–H and O–H groups in total. The van der Waals surface area contributed by atoms with Gasteiger partial charge in [0.25, 0.3) is 0 Å². The molecule has 6 heteroatoms. The molecule has 1 aromatic rings. The molecule has 0 aliphatic rings. The highest BCUT2D eigenvalue weighted by Crippen LogP contribution is 2.14. The van der Waals surface area contributed by atoms with E-state index in [1.807, 2.05) is 0 Å². The summed E-state index contributed by atoms with van der Waals surface area (Å²) in [4.78, 5) is 0. The summed E-state index contributed by atoms with van der Waals surface area (Å²) in [6.45, 7) is -0.0810. The number of rotatable bonds is 3. The first-order valence-corrected chi connectivity index (χ1v) is 6.68. The molecule has 0 aliphatic carbocycles. The highest BCUT2D eigenvalue weighted by molar-refractivity contribution is 7.92. The van der Waals surface area contributed by atoms with Crippen LogP contribution in [0.25, 0.3) is 0 Å². The van der Waals surface area contributed by atoms with E-state index < -0.39 is 15.8 Å². The Morgan fingerprint density at radius 1 is 1.47 bits per heavy atom. The molecule has 0 amide bonds. The number of nitrogens with one attached hydrogen (secondary N) is 1. The van der Waals surface area contributed by atoms with Gasteiger partial charge in [-0.05, 0) is 18.2 Å². The molecule has 4 nitrogen and oxygen atoms in total. The van der Waals surface area contributed by atoms with E-state index in [0.717, 1.165) is 12.3 Å². The fourth-order valence-electron chi connectivity index (χ4n) is 1.11. The minimum atomic E-state index is -3.41. The molecule has 92 valence electrons. The van der Waals surface area contributed by atoms with Crippen LogP contribution in [0.4, 0.5) is 10.1 Å². The van der Waals surface area contributed by atoms with Crippen LogP contribution in [0.3, 0.4) is 0 Å². The monoisotopic (exact) mass is 257 g/mol. The van der Waals surface area contributed by atoms with Crippen LogP contribution < -0.4 is 4.72 Å². The van der Waals surface area contributed by atoms with Crippen molar-refractivity contribution in [3.63, 3.8) is 0 Å². The first-order valence-electron chi connectivity index (χ1n) is 4.79. The minimum absolute atomic E-state index is 0.0810. The molecule has 0 heterocycles. The van der Waals surface area contributed by atoms with Crippen molar-refractivity contribution in [3.8, 4) is 11.8 Å². The topological polar surface area (TPSA) is 66.4 Å². The lowest BCUT2D eigenvalue weighted by Gasteiger charge is -2.04. The molecule has 0 aliphatic heterocycles. The van der Waals surface area contributed by atoms with E-state index in [4.69, 9.17) is 5.11 Å². The van der Waals surface area contributed by atoms with Crippen LogP contribution in [0.15, 0.2) is 18.2 Å². The van der Waals surface area contributed by atoms with Gasteiger partial charge in [-0.2, -0.15) is 0 Å². The van der Waals surface area contributed by atoms with Crippen molar-refractivity contribution in [1.29, 1.82) is 0 Å². The van der Waals surface area contributed by atoms with E-state index in [9.17, 15) is 12.8 Å². The molecule has 0 aromatic heterocycles. The lowest BCUT2D eigenvalue weighted by molar-refractivity contribution is 0.305. The summed E-state index contributed by atoms with van der Waals surface area (Å²) in [7, 11) is -3.41. The number of hydrogen-bond donors (Lipinski definition) is 2. The lowest BCUT2D eigenvalue weighted by Crippen LogP contribution is -2.09. The fourth-order valence-corrected chi connectivity index (χ4v) is 1.66. The van der Waals surface area contributed by atoms with E-state index in [-0.39, 0.29) is 24.3 Å². The number of benzene rings is 1. The van der Waals surface area contributed by atoms with Gasteiger partial charge in [-0.15, -0.1) is 0 Å². The van der Waals surface area contributed by atoms with Crippen molar-refractivity contribution in [1.82, 2.24) is 0 Å². The molecular weight excluding hydrogens is 245 g/mol. The van der Waals surface area contributed by atoms with Gasteiger partial charge in [-0.25, -0.2) is 12.8 Å². The smallest absolute Gasteiger partial charge is 0.229 e. The molecule has 17 heavy (non-hydrogen) atoms. The molecule has 0 saturated heterocycles. The average molecular weight is 257 g/mol. The second kappa shape index (κ2) is 5.66. The summed E-state index contributed by atoms with van der Waals surface area (Å²) in [5.41, 5.74) is 0.315. The van der Waals surface area contributed by atoms with Crippen LogP contribution in [0.2, 0.25) is 0 Å². The molecule has 0 atom stereocenters. The van der Waals surface area contributed by atoms with Gasteiger partial charge in [-0.3, -0.25) is 4.72 Å². The van der Waals surface area contributed by atoms with Gasteiger partial charge in [0.2, 0.25) is 10.0 Å². The normalized spacial score (nSPS) is 10.5.